The largest absolute Gasteiger partial charge is 0.417 e. The number of urea groups is 1. The Morgan fingerprint density at radius 1 is 1.36 bits per heavy atom. The predicted molar refractivity (Wildman–Crippen MR) is 79.9 cm³/mol. The summed E-state index contributed by atoms with van der Waals surface area (Å²) in [5.74, 6) is 1.05. The Hall–Kier alpha value is -0.630. The van der Waals surface area contributed by atoms with Crippen LogP contribution < -0.4 is 5.32 Å². The molecule has 2 rings (SSSR count). The molecule has 22 heavy (non-hydrogen) atoms. The molecule has 1 aliphatic heterocycles. The number of nitrogens with one attached hydrogen (secondary N) is 1. The van der Waals surface area contributed by atoms with Crippen molar-refractivity contribution in [1.29, 1.82) is 0 Å². The van der Waals surface area contributed by atoms with E-state index in [1.165, 1.54) is 4.90 Å². The third-order valence-corrected chi connectivity index (χ3v) is 5.75. The zero-order chi connectivity index (χ0) is 16.4. The topological polar surface area (TPSA) is 52.6 Å². The van der Waals surface area contributed by atoms with Crippen LogP contribution in [0.5, 0.6) is 0 Å². The van der Waals surface area contributed by atoms with E-state index in [4.69, 9.17) is 0 Å². The van der Waals surface area contributed by atoms with E-state index in [0.717, 1.165) is 25.0 Å². The van der Waals surface area contributed by atoms with Gasteiger partial charge < -0.3 is 15.3 Å². The van der Waals surface area contributed by atoms with Crippen molar-refractivity contribution >= 4 is 17.8 Å². The molecule has 128 valence electrons. The minimum absolute atomic E-state index is 0.0678. The highest BCUT2D eigenvalue weighted by Gasteiger charge is 2.55. The molecule has 0 aromatic rings. The minimum atomic E-state index is -4.63. The summed E-state index contributed by atoms with van der Waals surface area (Å²) in [6.07, 6.45) is -2.64. The van der Waals surface area contributed by atoms with Crippen LogP contribution in [0.3, 0.4) is 0 Å². The maximum atomic E-state index is 12.7. The molecule has 8 heteroatoms. The third-order valence-electron chi connectivity index (χ3n) is 4.52. The number of amides is 2. The molecule has 1 aliphatic carbocycles. The van der Waals surface area contributed by atoms with Crippen molar-refractivity contribution in [3.8, 4) is 0 Å². The molecule has 0 aromatic carbocycles. The first kappa shape index (κ1) is 17.7. The summed E-state index contributed by atoms with van der Waals surface area (Å²) < 4.78 is 38.2. The molecule has 4 nitrogen and oxygen atoms in total. The van der Waals surface area contributed by atoms with E-state index in [2.05, 4.69) is 12.2 Å². The summed E-state index contributed by atoms with van der Waals surface area (Å²) >= 11 is 1.88. The molecule has 2 fully saturated rings. The van der Waals surface area contributed by atoms with Gasteiger partial charge in [0, 0.05) is 37.2 Å². The second-order valence-electron chi connectivity index (χ2n) is 6.05. The summed E-state index contributed by atoms with van der Waals surface area (Å²) in [4.78, 5) is 13.5. The summed E-state index contributed by atoms with van der Waals surface area (Å²) in [7, 11) is 0. The van der Waals surface area contributed by atoms with Crippen LogP contribution in [0.25, 0.3) is 0 Å². The van der Waals surface area contributed by atoms with Crippen LogP contribution in [0.15, 0.2) is 0 Å². The highest BCUT2D eigenvalue weighted by molar-refractivity contribution is 7.99. The number of carbonyl (C=O) groups excluding carboxylic acids is 1. The van der Waals surface area contributed by atoms with E-state index in [9.17, 15) is 23.1 Å². The number of thioether (sulfide) groups is 1. The van der Waals surface area contributed by atoms with Gasteiger partial charge in [-0.2, -0.15) is 24.9 Å². The number of nitrogens with zero attached hydrogens (tertiary/aromatic N) is 1. The molecule has 0 aromatic heterocycles. The fourth-order valence-corrected chi connectivity index (χ4v) is 4.23. The maximum Gasteiger partial charge on any atom is 0.417 e. The molecular formula is C14H23F3N2O2S. The van der Waals surface area contributed by atoms with E-state index in [-0.39, 0.29) is 25.2 Å². The average molecular weight is 340 g/mol. The van der Waals surface area contributed by atoms with Gasteiger partial charge in [0.1, 0.15) is 0 Å². The van der Waals surface area contributed by atoms with Gasteiger partial charge in [0.2, 0.25) is 0 Å². The summed E-state index contributed by atoms with van der Waals surface area (Å²) in [5, 5.41) is 13.1. The molecule has 0 spiro atoms. The first-order chi connectivity index (χ1) is 10.2. The minimum Gasteiger partial charge on any atom is -0.380 e. The quantitative estimate of drug-likeness (QED) is 0.831. The first-order valence-corrected chi connectivity index (χ1v) is 8.76. The Bertz CT molecular complexity index is 398. The van der Waals surface area contributed by atoms with Crippen LogP contribution >= 0.6 is 11.8 Å². The van der Waals surface area contributed by atoms with Crippen LogP contribution in [0, 0.1) is 0 Å². The molecule has 1 saturated heterocycles. The number of likely N-dealkylation sites (tertiary alicyclic amines) is 1. The van der Waals surface area contributed by atoms with E-state index in [0.29, 0.717) is 5.25 Å². The third kappa shape index (κ3) is 4.01. The maximum absolute atomic E-state index is 12.7. The fourth-order valence-electron chi connectivity index (χ4n) is 3.09. The Kier molecular flexibility index (Phi) is 5.53. The van der Waals surface area contributed by atoms with Crippen LogP contribution in [0.4, 0.5) is 18.0 Å². The molecule has 1 heterocycles. The smallest absolute Gasteiger partial charge is 0.380 e. The Morgan fingerprint density at radius 2 is 2.00 bits per heavy atom. The Balaban J connectivity index is 1.79. The van der Waals surface area contributed by atoms with Crippen LogP contribution in [-0.4, -0.2) is 57.9 Å². The average Bonchev–Trinajstić information content (AvgIpc) is 2.86. The van der Waals surface area contributed by atoms with Crippen molar-refractivity contribution in [3.05, 3.63) is 0 Å². The number of halogens is 3. The van der Waals surface area contributed by atoms with E-state index >= 15 is 0 Å². The first-order valence-electron chi connectivity index (χ1n) is 7.71. The van der Waals surface area contributed by atoms with Gasteiger partial charge in [0.25, 0.3) is 0 Å². The lowest BCUT2D eigenvalue weighted by molar-refractivity contribution is -0.271. The molecule has 2 N–H and O–H groups in total. The second kappa shape index (κ2) is 6.86. The number of carbonyl (C=O) groups is 1. The lowest BCUT2D eigenvalue weighted by atomic mass is 9.91. The number of aliphatic hydroxyl groups is 1. The Labute approximate surface area is 132 Å². The van der Waals surface area contributed by atoms with Gasteiger partial charge in [-0.05, 0) is 25.0 Å². The van der Waals surface area contributed by atoms with Gasteiger partial charge >= 0.3 is 12.2 Å². The van der Waals surface area contributed by atoms with E-state index in [1.807, 2.05) is 11.8 Å². The lowest BCUT2D eigenvalue weighted by Crippen LogP contribution is -2.56. The van der Waals surface area contributed by atoms with Crippen molar-refractivity contribution < 1.29 is 23.1 Å². The van der Waals surface area contributed by atoms with Crippen molar-refractivity contribution in [2.45, 2.75) is 62.1 Å². The van der Waals surface area contributed by atoms with Gasteiger partial charge in [-0.25, -0.2) is 4.79 Å². The number of hydrogen-bond donors (Lipinski definition) is 2. The normalized spacial score (nSPS) is 28.7. The van der Waals surface area contributed by atoms with Crippen molar-refractivity contribution in [3.63, 3.8) is 0 Å². The van der Waals surface area contributed by atoms with Crippen molar-refractivity contribution in [1.82, 2.24) is 10.2 Å². The molecule has 2 aliphatic rings. The zero-order valence-electron chi connectivity index (χ0n) is 12.7. The van der Waals surface area contributed by atoms with E-state index < -0.39 is 24.6 Å². The van der Waals surface area contributed by atoms with Crippen LogP contribution in [0.2, 0.25) is 0 Å². The highest BCUT2D eigenvalue weighted by Crippen LogP contribution is 2.38. The van der Waals surface area contributed by atoms with Gasteiger partial charge in [-0.1, -0.05) is 6.92 Å². The summed E-state index contributed by atoms with van der Waals surface area (Å²) in [5.41, 5.74) is -2.65. The Morgan fingerprint density at radius 3 is 2.55 bits per heavy atom. The van der Waals surface area contributed by atoms with Crippen molar-refractivity contribution in [2.75, 3.05) is 18.8 Å². The summed E-state index contributed by atoms with van der Waals surface area (Å²) in [6.45, 7) is 1.97. The zero-order valence-corrected chi connectivity index (χ0v) is 13.5. The van der Waals surface area contributed by atoms with Gasteiger partial charge in [-0.3, -0.25) is 0 Å². The molecule has 2 atom stereocenters. The molecule has 2 amide bonds. The monoisotopic (exact) mass is 340 g/mol. The molecule has 0 radical (unpaired) electrons. The number of rotatable bonds is 3. The number of alkyl halides is 3. The lowest BCUT2D eigenvalue weighted by Gasteiger charge is -2.39. The van der Waals surface area contributed by atoms with Crippen LogP contribution in [-0.2, 0) is 0 Å². The predicted octanol–water partition coefficient (Wildman–Crippen LogP) is 2.76. The number of piperidine rings is 1. The molecule has 1 saturated carbocycles. The number of hydrogen-bond acceptors (Lipinski definition) is 3. The highest BCUT2D eigenvalue weighted by atomic mass is 32.2. The van der Waals surface area contributed by atoms with Gasteiger partial charge in [0.05, 0.1) is 0 Å². The summed E-state index contributed by atoms with van der Waals surface area (Å²) in [6, 6.07) is -0.198. The van der Waals surface area contributed by atoms with Crippen LogP contribution in [0.1, 0.15) is 39.0 Å². The van der Waals surface area contributed by atoms with Gasteiger partial charge in [0.15, 0.2) is 5.60 Å². The van der Waals surface area contributed by atoms with Gasteiger partial charge in [-0.15, -0.1) is 0 Å². The fraction of sp³-hybridized carbons (Fsp3) is 0.929. The molecule has 0 bridgehead atoms. The van der Waals surface area contributed by atoms with E-state index in [1.54, 1.807) is 0 Å². The molecular weight excluding hydrogens is 317 g/mol. The van der Waals surface area contributed by atoms with Crippen molar-refractivity contribution in [2.24, 2.45) is 0 Å². The molecule has 0 unspecified atom stereocenters. The second-order valence-corrected chi connectivity index (χ2v) is 7.63. The SMILES string of the molecule is CCS[C@@H]1CC[C@@H](NC(=O)N2CCC(O)(C(F)(F)F)CC2)C1. The standard InChI is InChI=1S/C14H23F3N2O2S/c1-2-22-11-4-3-10(9-11)18-12(20)19-7-5-13(21,6-8-19)14(15,16)17/h10-11,21H,2-9H2,1H3,(H,18,20)/t10-,11-/m1/s1.